The molecule has 0 aliphatic heterocycles. The Morgan fingerprint density at radius 1 is 1.53 bits per heavy atom. The molecule has 2 N–H and O–H groups in total. The van der Waals surface area contributed by atoms with Gasteiger partial charge in [0.15, 0.2) is 0 Å². The zero-order chi connectivity index (χ0) is 12.3. The Bertz CT molecular complexity index is 402. The number of anilines is 1. The highest BCUT2D eigenvalue weighted by Crippen LogP contribution is 2.25. The zero-order valence-corrected chi connectivity index (χ0v) is 10.1. The maximum atomic E-state index is 11.7. The molecule has 1 amide bonds. The summed E-state index contributed by atoms with van der Waals surface area (Å²) in [4.78, 5) is 13.5. The minimum absolute atomic E-state index is 0.149. The summed E-state index contributed by atoms with van der Waals surface area (Å²) in [5.41, 5.74) is 6.30. The minimum Gasteiger partial charge on any atom is -0.493 e. The van der Waals surface area contributed by atoms with Gasteiger partial charge in [0.1, 0.15) is 5.75 Å². The number of carbonyl (C=O) groups excluding carboxylic acids is 1. The summed E-state index contributed by atoms with van der Waals surface area (Å²) in [7, 11) is 1.86. The number of nitrogens with two attached hydrogens (primary N) is 1. The van der Waals surface area contributed by atoms with E-state index in [2.05, 4.69) is 0 Å². The second-order valence-corrected chi connectivity index (χ2v) is 4.41. The number of benzene rings is 1. The number of hydrogen-bond donors (Lipinski definition) is 1. The molecular weight excluding hydrogens is 216 g/mol. The Morgan fingerprint density at radius 3 is 2.94 bits per heavy atom. The number of ether oxygens (including phenoxy) is 1. The zero-order valence-electron chi connectivity index (χ0n) is 10.1. The molecule has 0 spiro atoms. The van der Waals surface area contributed by atoms with Crippen LogP contribution in [0.5, 0.6) is 5.75 Å². The summed E-state index contributed by atoms with van der Waals surface area (Å²) in [5, 5.41) is 0. The van der Waals surface area contributed by atoms with Crippen LogP contribution >= 0.6 is 0 Å². The van der Waals surface area contributed by atoms with Crippen molar-refractivity contribution in [2.24, 2.45) is 0 Å². The van der Waals surface area contributed by atoms with E-state index in [0.29, 0.717) is 30.5 Å². The normalized spacial score (nSPS) is 14.4. The third-order valence-electron chi connectivity index (χ3n) is 2.93. The molecule has 1 aliphatic rings. The molecule has 92 valence electrons. The van der Waals surface area contributed by atoms with Crippen LogP contribution in [0.3, 0.4) is 0 Å². The van der Waals surface area contributed by atoms with Gasteiger partial charge >= 0.3 is 0 Å². The predicted octanol–water partition coefficient (Wildman–Crippen LogP) is 1.66. The average molecular weight is 234 g/mol. The monoisotopic (exact) mass is 234 g/mol. The van der Waals surface area contributed by atoms with Crippen LogP contribution in [0, 0.1) is 0 Å². The van der Waals surface area contributed by atoms with Gasteiger partial charge in [0, 0.05) is 24.8 Å². The topological polar surface area (TPSA) is 55.6 Å². The van der Waals surface area contributed by atoms with E-state index < -0.39 is 0 Å². The largest absolute Gasteiger partial charge is 0.493 e. The molecule has 2 rings (SSSR count). The van der Waals surface area contributed by atoms with Crippen molar-refractivity contribution in [1.29, 1.82) is 0 Å². The van der Waals surface area contributed by atoms with E-state index >= 15 is 0 Å². The molecule has 0 bridgehead atoms. The van der Waals surface area contributed by atoms with E-state index in [-0.39, 0.29) is 5.91 Å². The van der Waals surface area contributed by atoms with Gasteiger partial charge in [-0.1, -0.05) is 6.07 Å². The fourth-order valence-electron chi connectivity index (χ4n) is 1.70. The van der Waals surface area contributed by atoms with Crippen molar-refractivity contribution in [2.45, 2.75) is 25.3 Å². The van der Waals surface area contributed by atoms with Crippen molar-refractivity contribution < 1.29 is 9.53 Å². The lowest BCUT2D eigenvalue weighted by Crippen LogP contribution is -2.29. The maximum Gasteiger partial charge on any atom is 0.225 e. The Labute approximate surface area is 101 Å². The standard InChI is InChI=1S/C13H18N2O2/c1-15(11-5-6-11)13(16)7-8-17-12-4-2-3-10(14)9-12/h2-4,9,11H,5-8,14H2,1H3. The second-order valence-electron chi connectivity index (χ2n) is 4.41. The van der Waals surface area contributed by atoms with E-state index in [4.69, 9.17) is 10.5 Å². The number of hydrogen-bond acceptors (Lipinski definition) is 3. The fraction of sp³-hybridized carbons (Fsp3) is 0.462. The Morgan fingerprint density at radius 2 is 2.29 bits per heavy atom. The summed E-state index contributed by atoms with van der Waals surface area (Å²) in [6.07, 6.45) is 2.69. The van der Waals surface area contributed by atoms with E-state index in [1.165, 1.54) is 0 Å². The van der Waals surface area contributed by atoms with E-state index in [9.17, 15) is 4.79 Å². The minimum atomic E-state index is 0.149. The lowest BCUT2D eigenvalue weighted by atomic mass is 10.3. The quantitative estimate of drug-likeness (QED) is 0.788. The highest BCUT2D eigenvalue weighted by atomic mass is 16.5. The molecule has 1 aromatic carbocycles. The van der Waals surface area contributed by atoms with Crippen molar-refractivity contribution in [3.05, 3.63) is 24.3 Å². The Kier molecular flexibility index (Phi) is 3.52. The van der Waals surface area contributed by atoms with Gasteiger partial charge in [-0.3, -0.25) is 4.79 Å². The van der Waals surface area contributed by atoms with Gasteiger partial charge in [0.05, 0.1) is 13.0 Å². The number of amides is 1. The first-order chi connectivity index (χ1) is 8.16. The molecule has 0 unspecified atom stereocenters. The molecule has 1 saturated carbocycles. The lowest BCUT2D eigenvalue weighted by Gasteiger charge is -2.16. The first kappa shape index (κ1) is 11.8. The van der Waals surface area contributed by atoms with Gasteiger partial charge in [0.2, 0.25) is 5.91 Å². The van der Waals surface area contributed by atoms with Gasteiger partial charge in [-0.25, -0.2) is 0 Å². The van der Waals surface area contributed by atoms with Crippen molar-refractivity contribution >= 4 is 11.6 Å². The molecule has 0 heterocycles. The molecule has 0 atom stereocenters. The highest BCUT2D eigenvalue weighted by molar-refractivity contribution is 5.76. The van der Waals surface area contributed by atoms with Crippen molar-refractivity contribution in [2.75, 3.05) is 19.4 Å². The SMILES string of the molecule is CN(C(=O)CCOc1cccc(N)c1)C1CC1. The van der Waals surface area contributed by atoms with Crippen LogP contribution < -0.4 is 10.5 Å². The van der Waals surface area contributed by atoms with Crippen LogP contribution in [0.25, 0.3) is 0 Å². The number of carbonyl (C=O) groups is 1. The lowest BCUT2D eigenvalue weighted by molar-refractivity contribution is -0.130. The van der Waals surface area contributed by atoms with E-state index in [1.807, 2.05) is 24.1 Å². The fourth-order valence-corrected chi connectivity index (χ4v) is 1.70. The molecule has 1 aromatic rings. The predicted molar refractivity (Wildman–Crippen MR) is 66.8 cm³/mol. The summed E-state index contributed by atoms with van der Waals surface area (Å²) in [6, 6.07) is 7.71. The van der Waals surface area contributed by atoms with Crippen LogP contribution in [0.1, 0.15) is 19.3 Å². The number of nitrogens with zero attached hydrogens (tertiary/aromatic N) is 1. The van der Waals surface area contributed by atoms with Crippen LogP contribution in [0.15, 0.2) is 24.3 Å². The van der Waals surface area contributed by atoms with E-state index in [1.54, 1.807) is 12.1 Å². The van der Waals surface area contributed by atoms with Crippen molar-refractivity contribution in [3.8, 4) is 5.75 Å². The van der Waals surface area contributed by atoms with Gasteiger partial charge < -0.3 is 15.4 Å². The summed E-state index contributed by atoms with van der Waals surface area (Å²) in [5.74, 6) is 0.864. The molecule has 4 nitrogen and oxygen atoms in total. The maximum absolute atomic E-state index is 11.7. The molecular formula is C13H18N2O2. The average Bonchev–Trinajstić information content (AvgIpc) is 3.12. The van der Waals surface area contributed by atoms with Crippen LogP contribution in [0.2, 0.25) is 0 Å². The Hall–Kier alpha value is -1.71. The van der Waals surface area contributed by atoms with Gasteiger partial charge in [0.25, 0.3) is 0 Å². The summed E-state index contributed by atoms with van der Waals surface area (Å²) < 4.78 is 5.48. The van der Waals surface area contributed by atoms with Crippen molar-refractivity contribution in [3.63, 3.8) is 0 Å². The van der Waals surface area contributed by atoms with Gasteiger partial charge in [-0.15, -0.1) is 0 Å². The van der Waals surface area contributed by atoms with Gasteiger partial charge in [-0.05, 0) is 25.0 Å². The Balaban J connectivity index is 1.73. The third-order valence-corrected chi connectivity index (χ3v) is 2.93. The summed E-state index contributed by atoms with van der Waals surface area (Å²) >= 11 is 0. The molecule has 1 aliphatic carbocycles. The summed E-state index contributed by atoms with van der Waals surface area (Å²) in [6.45, 7) is 0.402. The number of rotatable bonds is 5. The smallest absolute Gasteiger partial charge is 0.225 e. The van der Waals surface area contributed by atoms with Crippen LogP contribution in [-0.4, -0.2) is 30.5 Å². The van der Waals surface area contributed by atoms with Crippen molar-refractivity contribution in [1.82, 2.24) is 4.90 Å². The number of nitrogen functional groups attached to an aromatic ring is 1. The first-order valence-electron chi connectivity index (χ1n) is 5.91. The molecule has 0 aromatic heterocycles. The molecule has 4 heteroatoms. The first-order valence-corrected chi connectivity index (χ1v) is 5.91. The molecule has 0 saturated heterocycles. The van der Waals surface area contributed by atoms with Gasteiger partial charge in [-0.2, -0.15) is 0 Å². The molecule has 1 fully saturated rings. The second kappa shape index (κ2) is 5.08. The third kappa shape index (κ3) is 3.37. The highest BCUT2D eigenvalue weighted by Gasteiger charge is 2.29. The van der Waals surface area contributed by atoms with Crippen LogP contribution in [-0.2, 0) is 4.79 Å². The van der Waals surface area contributed by atoms with Crippen LogP contribution in [0.4, 0.5) is 5.69 Å². The molecule has 0 radical (unpaired) electrons. The van der Waals surface area contributed by atoms with E-state index in [0.717, 1.165) is 12.8 Å². The molecule has 17 heavy (non-hydrogen) atoms.